The summed E-state index contributed by atoms with van der Waals surface area (Å²) in [6, 6.07) is 0.0850. The lowest BCUT2D eigenvalue weighted by Crippen LogP contribution is -2.36. The monoisotopic (exact) mass is 352 g/mol. The zero-order valence-corrected chi connectivity index (χ0v) is 13.7. The van der Waals surface area contributed by atoms with Crippen LogP contribution in [0, 0.1) is 0 Å². The Labute approximate surface area is 142 Å². The fourth-order valence-electron chi connectivity index (χ4n) is 2.62. The van der Waals surface area contributed by atoms with E-state index in [1.165, 1.54) is 6.20 Å². The molecule has 0 amide bonds. The summed E-state index contributed by atoms with van der Waals surface area (Å²) in [5, 5.41) is 37.1. The zero-order valence-electron chi connectivity index (χ0n) is 13.7. The van der Waals surface area contributed by atoms with Crippen molar-refractivity contribution in [2.24, 2.45) is 0 Å². The molecule has 1 fully saturated rings. The molecule has 11 heteroatoms. The molecule has 4 atom stereocenters. The largest absolute Gasteiger partial charge is 0.394 e. The topological polar surface area (TPSA) is 162 Å². The van der Waals surface area contributed by atoms with Gasteiger partial charge in [0.1, 0.15) is 29.8 Å². The van der Waals surface area contributed by atoms with Gasteiger partial charge >= 0.3 is 5.69 Å². The minimum Gasteiger partial charge on any atom is -0.394 e. The molecule has 0 aliphatic carbocycles. The molecule has 3 rings (SSSR count). The van der Waals surface area contributed by atoms with E-state index in [0.717, 1.165) is 4.57 Å². The lowest BCUT2D eigenvalue weighted by Gasteiger charge is -2.18. The van der Waals surface area contributed by atoms with Crippen LogP contribution < -0.4 is 11.4 Å². The molecule has 2 aromatic heterocycles. The second-order valence-corrected chi connectivity index (χ2v) is 6.14. The molecule has 1 saturated heterocycles. The number of nitrogens with zero attached hydrogens (tertiary/aromatic N) is 5. The highest BCUT2D eigenvalue weighted by Crippen LogP contribution is 2.30. The molecule has 3 heterocycles. The molecule has 11 nitrogen and oxygen atoms in total. The molecule has 0 radical (unpaired) electrons. The number of rotatable bonds is 4. The molecule has 1 aliphatic rings. The fraction of sp³-hybridized carbons (Fsp3) is 0.571. The van der Waals surface area contributed by atoms with Crippen molar-refractivity contribution in [1.29, 1.82) is 0 Å². The number of aliphatic hydroxyl groups is 3. The highest BCUT2D eigenvalue weighted by Gasteiger charge is 2.44. The maximum Gasteiger partial charge on any atom is 0.351 e. The number of aliphatic hydroxyl groups excluding tert-OH is 3. The average molecular weight is 352 g/mol. The Morgan fingerprint density at radius 1 is 1.32 bits per heavy atom. The molecule has 1 aliphatic heterocycles. The Morgan fingerprint density at radius 2 is 2.04 bits per heavy atom. The first-order valence-corrected chi connectivity index (χ1v) is 7.76. The van der Waals surface area contributed by atoms with Gasteiger partial charge in [-0.2, -0.15) is 4.98 Å². The van der Waals surface area contributed by atoms with Gasteiger partial charge in [-0.1, -0.05) is 5.21 Å². The molecule has 0 saturated carbocycles. The lowest BCUT2D eigenvalue weighted by atomic mass is 10.1. The minimum absolute atomic E-state index is 0.0381. The van der Waals surface area contributed by atoms with Crippen LogP contribution in [0.25, 0.3) is 11.3 Å². The summed E-state index contributed by atoms with van der Waals surface area (Å²) in [5.41, 5.74) is 5.81. The number of hydrogen-bond donors (Lipinski definition) is 4. The molecule has 0 bridgehead atoms. The first kappa shape index (κ1) is 17.5. The van der Waals surface area contributed by atoms with Crippen molar-refractivity contribution in [3.8, 4) is 11.3 Å². The number of aromatic nitrogens is 5. The van der Waals surface area contributed by atoms with Gasteiger partial charge in [0.15, 0.2) is 6.23 Å². The summed E-state index contributed by atoms with van der Waals surface area (Å²) in [7, 11) is 0. The number of ether oxygens (including phenoxy) is 1. The van der Waals surface area contributed by atoms with E-state index in [0.29, 0.717) is 11.3 Å². The molecular weight excluding hydrogens is 332 g/mol. The van der Waals surface area contributed by atoms with E-state index in [1.807, 2.05) is 13.8 Å². The maximum absolute atomic E-state index is 12.2. The van der Waals surface area contributed by atoms with E-state index >= 15 is 0 Å². The summed E-state index contributed by atoms with van der Waals surface area (Å²) in [5.74, 6) is -0.0381. The molecule has 0 aromatic carbocycles. The Balaban J connectivity index is 2.03. The molecule has 25 heavy (non-hydrogen) atoms. The molecule has 0 spiro atoms. The average Bonchev–Trinajstić information content (AvgIpc) is 3.15. The lowest BCUT2D eigenvalue weighted by molar-refractivity contribution is -0.0548. The van der Waals surface area contributed by atoms with Crippen molar-refractivity contribution in [3.63, 3.8) is 0 Å². The van der Waals surface area contributed by atoms with Crippen LogP contribution in [0.5, 0.6) is 0 Å². The first-order valence-electron chi connectivity index (χ1n) is 7.76. The number of hydrogen-bond acceptors (Lipinski definition) is 9. The third-order valence-corrected chi connectivity index (χ3v) is 4.09. The Kier molecular flexibility index (Phi) is 4.56. The van der Waals surface area contributed by atoms with Crippen LogP contribution in [0.15, 0.2) is 17.2 Å². The fourth-order valence-corrected chi connectivity index (χ4v) is 2.62. The molecule has 136 valence electrons. The summed E-state index contributed by atoms with van der Waals surface area (Å²) in [4.78, 5) is 15.9. The number of nitrogens with two attached hydrogens (primary N) is 1. The van der Waals surface area contributed by atoms with Gasteiger partial charge in [-0.25, -0.2) is 9.48 Å². The van der Waals surface area contributed by atoms with E-state index in [9.17, 15) is 20.1 Å². The van der Waals surface area contributed by atoms with Crippen LogP contribution >= 0.6 is 0 Å². The third-order valence-electron chi connectivity index (χ3n) is 4.09. The molecule has 1 unspecified atom stereocenters. The van der Waals surface area contributed by atoms with Gasteiger partial charge in [0.2, 0.25) is 0 Å². The van der Waals surface area contributed by atoms with Crippen LogP contribution in [0.2, 0.25) is 0 Å². The molecule has 5 N–H and O–H groups in total. The summed E-state index contributed by atoms with van der Waals surface area (Å²) >= 11 is 0. The van der Waals surface area contributed by atoms with Crippen molar-refractivity contribution in [1.82, 2.24) is 24.5 Å². The zero-order chi connectivity index (χ0) is 18.3. The van der Waals surface area contributed by atoms with E-state index in [4.69, 9.17) is 10.5 Å². The molecule has 2 aromatic rings. The summed E-state index contributed by atoms with van der Waals surface area (Å²) in [6.45, 7) is 3.36. The quantitative estimate of drug-likeness (QED) is 0.501. The smallest absolute Gasteiger partial charge is 0.351 e. The van der Waals surface area contributed by atoms with Crippen LogP contribution in [0.3, 0.4) is 0 Å². The number of anilines is 1. The predicted octanol–water partition coefficient (Wildman–Crippen LogP) is -1.72. The normalized spacial score (nSPS) is 26.5. The van der Waals surface area contributed by atoms with Crippen LogP contribution in [-0.4, -0.2) is 64.8 Å². The number of nitrogen functional groups attached to an aromatic ring is 1. The van der Waals surface area contributed by atoms with Crippen LogP contribution in [-0.2, 0) is 4.74 Å². The predicted molar refractivity (Wildman–Crippen MR) is 85.3 cm³/mol. The van der Waals surface area contributed by atoms with Gasteiger partial charge < -0.3 is 25.8 Å². The summed E-state index contributed by atoms with van der Waals surface area (Å²) < 4.78 is 8.01. The minimum atomic E-state index is -1.40. The van der Waals surface area contributed by atoms with Gasteiger partial charge in [0, 0.05) is 12.2 Å². The summed E-state index contributed by atoms with van der Waals surface area (Å²) in [6.07, 6.45) is -1.94. The van der Waals surface area contributed by atoms with Gasteiger partial charge in [-0.05, 0) is 13.8 Å². The van der Waals surface area contributed by atoms with E-state index in [2.05, 4.69) is 15.3 Å². The van der Waals surface area contributed by atoms with E-state index < -0.39 is 36.8 Å². The van der Waals surface area contributed by atoms with Gasteiger partial charge in [-0.3, -0.25) is 4.57 Å². The van der Waals surface area contributed by atoms with Crippen molar-refractivity contribution in [3.05, 3.63) is 22.9 Å². The van der Waals surface area contributed by atoms with Crippen molar-refractivity contribution >= 4 is 5.82 Å². The van der Waals surface area contributed by atoms with Gasteiger partial charge in [0.05, 0.1) is 18.4 Å². The Hall–Kier alpha value is -2.34. The standard InChI is InChI=1S/C14H20N6O5/c1-6(2)20-4-8(17-18-20)7-3-19(14(24)16-12(7)15)13-11(23)10(22)9(5-21)25-13/h3-4,6,9-11,13,21-23H,5H2,1-2H3,(H2,15,16,24)/t9-,10?,11+,13-/m1/s1. The van der Waals surface area contributed by atoms with Crippen molar-refractivity contribution < 1.29 is 20.1 Å². The van der Waals surface area contributed by atoms with Crippen LogP contribution in [0.1, 0.15) is 26.1 Å². The van der Waals surface area contributed by atoms with Crippen molar-refractivity contribution in [2.45, 2.75) is 44.4 Å². The first-order chi connectivity index (χ1) is 11.8. The highest BCUT2D eigenvalue weighted by atomic mass is 16.6. The Morgan fingerprint density at radius 3 is 2.60 bits per heavy atom. The van der Waals surface area contributed by atoms with Gasteiger partial charge in [-0.15, -0.1) is 5.10 Å². The molecular formula is C14H20N6O5. The maximum atomic E-state index is 12.2. The second kappa shape index (κ2) is 6.52. The van der Waals surface area contributed by atoms with E-state index in [-0.39, 0.29) is 11.9 Å². The SMILES string of the molecule is CC(C)n1cc(-c2cn([C@@H]3O[C@H](CO)C(O)[C@@H]3O)c(=O)nc2N)nn1. The van der Waals surface area contributed by atoms with Gasteiger partial charge in [0.25, 0.3) is 0 Å². The van der Waals surface area contributed by atoms with E-state index in [1.54, 1.807) is 10.9 Å². The third kappa shape index (κ3) is 3.02. The van der Waals surface area contributed by atoms with Crippen molar-refractivity contribution in [2.75, 3.05) is 12.3 Å². The highest BCUT2D eigenvalue weighted by molar-refractivity contribution is 5.68. The Bertz CT molecular complexity index is 818. The second-order valence-electron chi connectivity index (χ2n) is 6.14. The van der Waals surface area contributed by atoms with Crippen LogP contribution in [0.4, 0.5) is 5.82 Å².